The smallest absolute Gasteiger partial charge is 0.186 e. The average Bonchev–Trinajstić information content (AvgIpc) is 2.82. The lowest BCUT2D eigenvalue weighted by Gasteiger charge is -2.26. The number of hydrogen-bond donors (Lipinski definition) is 0. The number of carbonyl (C=O) groups excluding carboxylic acids is 1. The van der Waals surface area contributed by atoms with Crippen LogP contribution in [-0.4, -0.2) is 23.4 Å². The highest BCUT2D eigenvalue weighted by molar-refractivity contribution is 7.17. The van der Waals surface area contributed by atoms with Crippen molar-refractivity contribution in [1.82, 2.24) is 4.98 Å². The van der Waals surface area contributed by atoms with E-state index in [2.05, 4.69) is 25.7 Å². The quantitative estimate of drug-likeness (QED) is 0.780. The number of ketones is 1. The van der Waals surface area contributed by atoms with E-state index in [0.29, 0.717) is 12.5 Å². The van der Waals surface area contributed by atoms with Crippen LogP contribution in [0.25, 0.3) is 0 Å². The number of aromatic nitrogens is 1. The van der Waals surface area contributed by atoms with Gasteiger partial charge in [-0.25, -0.2) is 4.98 Å². The summed E-state index contributed by atoms with van der Waals surface area (Å²) in [5.74, 6) is 0.289. The number of fused-ring (bicyclic) bond motifs is 1. The summed E-state index contributed by atoms with van der Waals surface area (Å²) in [6.07, 6.45) is 4.08. The Kier molecular flexibility index (Phi) is 2.73. The summed E-state index contributed by atoms with van der Waals surface area (Å²) in [5, 5.41) is 1.07. The van der Waals surface area contributed by atoms with E-state index in [0.717, 1.165) is 28.7 Å². The van der Waals surface area contributed by atoms with Crippen LogP contribution in [0.3, 0.4) is 0 Å². The average molecular weight is 264 g/mol. The highest BCUT2D eigenvalue weighted by atomic mass is 32.1. The monoisotopic (exact) mass is 264 g/mol. The molecule has 1 unspecified atom stereocenters. The number of hydrogen-bond acceptors (Lipinski definition) is 4. The van der Waals surface area contributed by atoms with Crippen molar-refractivity contribution in [3.63, 3.8) is 0 Å². The molecule has 4 heteroatoms. The third-order valence-corrected chi connectivity index (χ3v) is 5.20. The second-order valence-corrected chi connectivity index (χ2v) is 7.38. The molecule has 1 atom stereocenters. The number of carbonyl (C=O) groups is 1. The molecule has 1 aromatic rings. The molecule has 1 aliphatic carbocycles. The minimum atomic E-state index is 0.0754. The lowest BCUT2D eigenvalue weighted by Crippen LogP contribution is -2.27. The Labute approximate surface area is 112 Å². The molecule has 0 spiro atoms. The van der Waals surface area contributed by atoms with Crippen molar-refractivity contribution in [2.45, 2.75) is 52.5 Å². The maximum absolute atomic E-state index is 12.2. The van der Waals surface area contributed by atoms with Crippen molar-refractivity contribution in [2.24, 2.45) is 5.41 Å². The van der Waals surface area contributed by atoms with Gasteiger partial charge in [-0.3, -0.25) is 4.79 Å². The Morgan fingerprint density at radius 1 is 1.39 bits per heavy atom. The van der Waals surface area contributed by atoms with E-state index in [4.69, 9.17) is 4.98 Å². The van der Waals surface area contributed by atoms with Gasteiger partial charge < -0.3 is 4.90 Å². The maximum Gasteiger partial charge on any atom is 0.186 e. The predicted octanol–water partition coefficient (Wildman–Crippen LogP) is 3.29. The van der Waals surface area contributed by atoms with Gasteiger partial charge in [-0.2, -0.15) is 0 Å². The molecule has 18 heavy (non-hydrogen) atoms. The summed E-state index contributed by atoms with van der Waals surface area (Å²) < 4.78 is 0. The minimum absolute atomic E-state index is 0.0754. The maximum atomic E-state index is 12.2. The Balaban J connectivity index is 1.95. The van der Waals surface area contributed by atoms with Crippen molar-refractivity contribution in [2.75, 3.05) is 11.4 Å². The summed E-state index contributed by atoms with van der Waals surface area (Å²) in [6.45, 7) is 7.65. The van der Waals surface area contributed by atoms with Crippen molar-refractivity contribution in [3.05, 3.63) is 10.6 Å². The largest absolute Gasteiger partial charge is 0.345 e. The van der Waals surface area contributed by atoms with Gasteiger partial charge in [0.15, 0.2) is 10.9 Å². The van der Waals surface area contributed by atoms with E-state index in [9.17, 15) is 4.79 Å². The van der Waals surface area contributed by atoms with Crippen molar-refractivity contribution in [3.8, 4) is 0 Å². The SMILES string of the molecule is CC1CCCN1c1nc2c(s1)C(=O)CC(C)(C)C2. The van der Waals surface area contributed by atoms with Crippen LogP contribution < -0.4 is 4.90 Å². The van der Waals surface area contributed by atoms with Gasteiger partial charge in [0, 0.05) is 19.0 Å². The zero-order valence-corrected chi connectivity index (χ0v) is 12.1. The predicted molar refractivity (Wildman–Crippen MR) is 74.6 cm³/mol. The van der Waals surface area contributed by atoms with Crippen LogP contribution in [-0.2, 0) is 6.42 Å². The first-order chi connectivity index (χ1) is 8.46. The molecule has 1 aliphatic heterocycles. The van der Waals surface area contributed by atoms with E-state index < -0.39 is 0 Å². The molecule has 1 saturated heterocycles. The van der Waals surface area contributed by atoms with Crippen molar-refractivity contribution in [1.29, 1.82) is 0 Å². The van der Waals surface area contributed by atoms with Gasteiger partial charge in [0.05, 0.1) is 10.6 Å². The van der Waals surface area contributed by atoms with Gasteiger partial charge in [-0.05, 0) is 31.6 Å². The Morgan fingerprint density at radius 3 is 2.83 bits per heavy atom. The van der Waals surface area contributed by atoms with Gasteiger partial charge in [0.25, 0.3) is 0 Å². The Morgan fingerprint density at radius 2 is 2.17 bits per heavy atom. The van der Waals surface area contributed by atoms with Gasteiger partial charge in [0.1, 0.15) is 0 Å². The second kappa shape index (κ2) is 4.05. The lowest BCUT2D eigenvalue weighted by molar-refractivity contribution is 0.0916. The molecule has 0 radical (unpaired) electrons. The van der Waals surface area contributed by atoms with Crippen molar-refractivity contribution >= 4 is 22.3 Å². The first-order valence-electron chi connectivity index (χ1n) is 6.76. The molecule has 3 rings (SSSR count). The topological polar surface area (TPSA) is 33.2 Å². The zero-order chi connectivity index (χ0) is 12.9. The summed E-state index contributed by atoms with van der Waals surface area (Å²) in [7, 11) is 0. The van der Waals surface area contributed by atoms with E-state index in [1.54, 1.807) is 11.3 Å². The summed E-state index contributed by atoms with van der Waals surface area (Å²) >= 11 is 1.61. The number of nitrogens with zero attached hydrogens (tertiary/aromatic N) is 2. The van der Waals surface area contributed by atoms with Gasteiger partial charge in [-0.1, -0.05) is 25.2 Å². The molecule has 0 amide bonds. The van der Waals surface area contributed by atoms with Crippen LogP contribution in [0, 0.1) is 5.41 Å². The molecule has 2 aliphatic rings. The fraction of sp³-hybridized carbons (Fsp3) is 0.714. The van der Waals surface area contributed by atoms with Gasteiger partial charge in [0.2, 0.25) is 0 Å². The van der Waals surface area contributed by atoms with Crippen LogP contribution in [0.2, 0.25) is 0 Å². The van der Waals surface area contributed by atoms with Crippen LogP contribution in [0.15, 0.2) is 0 Å². The van der Waals surface area contributed by atoms with Crippen LogP contribution in [0.4, 0.5) is 5.13 Å². The number of anilines is 1. The minimum Gasteiger partial charge on any atom is -0.345 e. The molecule has 1 fully saturated rings. The van der Waals surface area contributed by atoms with E-state index in [1.807, 2.05) is 0 Å². The normalized spacial score (nSPS) is 26.5. The highest BCUT2D eigenvalue weighted by Gasteiger charge is 2.35. The molecule has 0 aromatic carbocycles. The van der Waals surface area contributed by atoms with Gasteiger partial charge >= 0.3 is 0 Å². The number of thiazole rings is 1. The fourth-order valence-electron chi connectivity index (χ4n) is 3.05. The Bertz CT molecular complexity index is 492. The molecule has 0 bridgehead atoms. The Hall–Kier alpha value is -0.900. The third kappa shape index (κ3) is 1.96. The highest BCUT2D eigenvalue weighted by Crippen LogP contribution is 2.40. The van der Waals surface area contributed by atoms with Crippen LogP contribution >= 0.6 is 11.3 Å². The van der Waals surface area contributed by atoms with Gasteiger partial charge in [-0.15, -0.1) is 0 Å². The fourth-order valence-corrected chi connectivity index (χ4v) is 4.20. The third-order valence-electron chi connectivity index (χ3n) is 4.02. The molecule has 2 heterocycles. The first-order valence-corrected chi connectivity index (χ1v) is 7.57. The second-order valence-electron chi connectivity index (χ2n) is 6.40. The lowest BCUT2D eigenvalue weighted by atomic mass is 9.78. The standard InChI is InChI=1S/C14H20N2OS/c1-9-5-4-6-16(9)13-15-10-7-14(2,3)8-11(17)12(10)18-13/h9H,4-8H2,1-3H3. The van der Waals surface area contributed by atoms with Crippen LogP contribution in [0.1, 0.15) is 55.4 Å². The molecule has 3 nitrogen and oxygen atoms in total. The zero-order valence-electron chi connectivity index (χ0n) is 11.3. The molecule has 0 saturated carbocycles. The van der Waals surface area contributed by atoms with E-state index >= 15 is 0 Å². The number of rotatable bonds is 1. The first kappa shape index (κ1) is 12.2. The summed E-state index contributed by atoms with van der Waals surface area (Å²) in [5.41, 5.74) is 1.11. The molecule has 98 valence electrons. The molecular weight excluding hydrogens is 244 g/mol. The van der Waals surface area contributed by atoms with Crippen LogP contribution in [0.5, 0.6) is 0 Å². The molecule has 0 N–H and O–H groups in total. The van der Waals surface area contributed by atoms with E-state index in [-0.39, 0.29) is 11.2 Å². The summed E-state index contributed by atoms with van der Waals surface area (Å²) in [4.78, 5) is 20.2. The molecular formula is C14H20N2OS. The molecule has 1 aromatic heterocycles. The summed E-state index contributed by atoms with van der Waals surface area (Å²) in [6, 6.07) is 0.570. The van der Waals surface area contributed by atoms with E-state index in [1.165, 1.54) is 12.8 Å². The van der Waals surface area contributed by atoms with Crippen molar-refractivity contribution < 1.29 is 4.79 Å². The number of Topliss-reactive ketones (excluding diaryl/α,β-unsaturated/α-hetero) is 1.